The third-order valence-electron chi connectivity index (χ3n) is 4.03. The number of carbonyl (C=O) groups is 1. The summed E-state index contributed by atoms with van der Waals surface area (Å²) in [7, 11) is 0. The fourth-order valence-corrected chi connectivity index (χ4v) is 5.10. The maximum Gasteiger partial charge on any atom is 0.265 e. The summed E-state index contributed by atoms with van der Waals surface area (Å²) in [6.45, 7) is 3.07. The summed E-state index contributed by atoms with van der Waals surface area (Å²) in [5.41, 5.74) is 2.18. The molecule has 1 saturated heterocycles. The van der Waals surface area contributed by atoms with E-state index in [0.717, 1.165) is 17.3 Å². The van der Waals surface area contributed by atoms with Crippen molar-refractivity contribution in [3.8, 4) is 0 Å². The number of anilines is 1. The predicted molar refractivity (Wildman–Crippen MR) is 117 cm³/mol. The van der Waals surface area contributed by atoms with Gasteiger partial charge in [-0.3, -0.25) is 9.69 Å². The molecule has 1 aromatic heterocycles. The SMILES string of the molecule is CC[n+]1c(/C=C2\SCC(=O)N2c2ccccc2)sc2ccccc21.I. The average molecular weight is 481 g/mol. The van der Waals surface area contributed by atoms with Gasteiger partial charge in [0.15, 0.2) is 0 Å². The summed E-state index contributed by atoms with van der Waals surface area (Å²) < 4.78 is 3.58. The van der Waals surface area contributed by atoms with Gasteiger partial charge in [0.25, 0.3) is 5.01 Å². The van der Waals surface area contributed by atoms with Crippen molar-refractivity contribution in [2.45, 2.75) is 13.5 Å². The molecule has 128 valence electrons. The van der Waals surface area contributed by atoms with Crippen molar-refractivity contribution in [3.05, 3.63) is 64.6 Å². The van der Waals surface area contributed by atoms with Crippen molar-refractivity contribution in [2.24, 2.45) is 0 Å². The molecule has 1 aliphatic heterocycles. The first-order chi connectivity index (χ1) is 11.8. The maximum atomic E-state index is 12.4. The van der Waals surface area contributed by atoms with E-state index in [0.29, 0.717) is 5.75 Å². The monoisotopic (exact) mass is 481 g/mol. The topological polar surface area (TPSA) is 24.2 Å². The van der Waals surface area contributed by atoms with Gasteiger partial charge in [0, 0.05) is 11.8 Å². The van der Waals surface area contributed by atoms with Crippen LogP contribution in [0.5, 0.6) is 0 Å². The Balaban J connectivity index is 0.00000182. The molecule has 0 bridgehead atoms. The lowest BCUT2D eigenvalue weighted by Crippen LogP contribution is -2.33. The minimum absolute atomic E-state index is 0. The number of nitrogens with zero attached hydrogens (tertiary/aromatic N) is 2. The van der Waals surface area contributed by atoms with Crippen LogP contribution in [0.1, 0.15) is 11.9 Å². The standard InChI is InChI=1S/C19H17N2OS2.HI/c1-2-20-15-10-6-7-11-16(15)24-18(20)12-19-21(17(22)13-23-19)14-8-4-3-5-9-14;/h3-12H,2,13H2,1H3;1H/q+1;. The van der Waals surface area contributed by atoms with Gasteiger partial charge in [-0.2, -0.15) is 4.57 Å². The summed E-state index contributed by atoms with van der Waals surface area (Å²) >= 11 is 3.38. The fourth-order valence-electron chi connectivity index (χ4n) is 2.93. The molecule has 1 fully saturated rings. The lowest BCUT2D eigenvalue weighted by Gasteiger charge is -2.16. The molecule has 25 heavy (non-hydrogen) atoms. The van der Waals surface area contributed by atoms with Crippen LogP contribution >= 0.6 is 47.1 Å². The van der Waals surface area contributed by atoms with Crippen molar-refractivity contribution >= 4 is 75.0 Å². The number of amides is 1. The van der Waals surface area contributed by atoms with Gasteiger partial charge in [-0.15, -0.1) is 24.0 Å². The van der Waals surface area contributed by atoms with E-state index in [2.05, 4.69) is 41.8 Å². The number of fused-ring (bicyclic) bond motifs is 1. The van der Waals surface area contributed by atoms with Crippen molar-refractivity contribution in [3.63, 3.8) is 0 Å². The molecule has 0 N–H and O–H groups in total. The van der Waals surface area contributed by atoms with E-state index in [-0.39, 0.29) is 29.9 Å². The highest BCUT2D eigenvalue weighted by atomic mass is 127. The number of carbonyl (C=O) groups excluding carboxylic acids is 1. The molecule has 0 aliphatic carbocycles. The number of halogens is 1. The first-order valence-electron chi connectivity index (χ1n) is 7.92. The van der Waals surface area contributed by atoms with Crippen LogP contribution in [0, 0.1) is 0 Å². The Hall–Kier alpha value is -1.38. The number of aromatic nitrogens is 1. The number of aryl methyl sites for hydroxylation is 1. The van der Waals surface area contributed by atoms with E-state index in [4.69, 9.17) is 0 Å². The molecule has 1 amide bonds. The summed E-state index contributed by atoms with van der Waals surface area (Å²) in [6.07, 6.45) is 2.15. The Kier molecular flexibility index (Phi) is 5.81. The second-order valence-electron chi connectivity index (χ2n) is 5.49. The van der Waals surface area contributed by atoms with E-state index in [1.807, 2.05) is 35.2 Å². The Morgan fingerprint density at radius 2 is 1.84 bits per heavy atom. The zero-order chi connectivity index (χ0) is 16.5. The molecular formula is C19H18IN2OS2+. The molecule has 0 radical (unpaired) electrons. The van der Waals surface area contributed by atoms with Crippen LogP contribution in [0.15, 0.2) is 59.6 Å². The first kappa shape index (κ1) is 18.4. The molecule has 0 atom stereocenters. The zero-order valence-electron chi connectivity index (χ0n) is 13.7. The molecule has 0 spiro atoms. The van der Waals surface area contributed by atoms with Gasteiger partial charge in [-0.1, -0.05) is 53.4 Å². The molecule has 4 rings (SSSR count). The van der Waals surface area contributed by atoms with Crippen LogP contribution in [0.25, 0.3) is 16.3 Å². The lowest BCUT2D eigenvalue weighted by atomic mass is 10.3. The molecule has 6 heteroatoms. The minimum Gasteiger partial charge on any atom is -0.274 e. The first-order valence-corrected chi connectivity index (χ1v) is 9.72. The van der Waals surface area contributed by atoms with Gasteiger partial charge < -0.3 is 0 Å². The smallest absolute Gasteiger partial charge is 0.265 e. The third-order valence-corrected chi connectivity index (χ3v) is 6.13. The van der Waals surface area contributed by atoms with E-state index >= 15 is 0 Å². The second-order valence-corrected chi connectivity index (χ2v) is 7.55. The fraction of sp³-hybridized carbons (Fsp3) is 0.158. The van der Waals surface area contributed by atoms with Gasteiger partial charge >= 0.3 is 0 Å². The highest BCUT2D eigenvalue weighted by Crippen LogP contribution is 2.35. The average Bonchev–Trinajstić information content (AvgIpc) is 3.15. The molecule has 2 aromatic carbocycles. The van der Waals surface area contributed by atoms with Crippen molar-refractivity contribution in [1.82, 2.24) is 0 Å². The Morgan fingerprint density at radius 3 is 2.60 bits per heavy atom. The van der Waals surface area contributed by atoms with Crippen LogP contribution in [0.2, 0.25) is 0 Å². The quantitative estimate of drug-likeness (QED) is 0.393. The highest BCUT2D eigenvalue weighted by molar-refractivity contribution is 14.0. The Bertz CT molecular complexity index is 937. The molecule has 0 saturated carbocycles. The highest BCUT2D eigenvalue weighted by Gasteiger charge is 2.29. The summed E-state index contributed by atoms with van der Waals surface area (Å²) in [6, 6.07) is 18.3. The molecular weight excluding hydrogens is 463 g/mol. The van der Waals surface area contributed by atoms with Gasteiger partial charge in [0.05, 0.1) is 16.9 Å². The van der Waals surface area contributed by atoms with Gasteiger partial charge in [-0.25, -0.2) is 0 Å². The van der Waals surface area contributed by atoms with Gasteiger partial charge in [0.1, 0.15) is 11.2 Å². The second kappa shape index (κ2) is 7.88. The van der Waals surface area contributed by atoms with E-state index in [9.17, 15) is 4.79 Å². The van der Waals surface area contributed by atoms with Crippen LogP contribution < -0.4 is 9.47 Å². The zero-order valence-corrected chi connectivity index (χ0v) is 17.7. The number of para-hydroxylation sites is 2. The molecule has 2 heterocycles. The largest absolute Gasteiger partial charge is 0.274 e. The van der Waals surface area contributed by atoms with Gasteiger partial charge in [0.2, 0.25) is 11.4 Å². The lowest BCUT2D eigenvalue weighted by molar-refractivity contribution is -0.665. The number of thiazole rings is 1. The summed E-state index contributed by atoms with van der Waals surface area (Å²) in [4.78, 5) is 14.2. The van der Waals surface area contributed by atoms with Crippen LogP contribution in [-0.2, 0) is 11.3 Å². The number of rotatable bonds is 3. The minimum atomic E-state index is 0. The van der Waals surface area contributed by atoms with Crippen molar-refractivity contribution < 1.29 is 9.36 Å². The molecule has 3 aromatic rings. The summed E-state index contributed by atoms with van der Waals surface area (Å²) in [5.74, 6) is 0.638. The van der Waals surface area contributed by atoms with Crippen LogP contribution in [0.3, 0.4) is 0 Å². The number of hydrogen-bond donors (Lipinski definition) is 0. The normalized spacial score (nSPS) is 15.8. The van der Waals surface area contributed by atoms with Crippen molar-refractivity contribution in [2.75, 3.05) is 10.7 Å². The van der Waals surface area contributed by atoms with E-state index < -0.39 is 0 Å². The Morgan fingerprint density at radius 1 is 1.12 bits per heavy atom. The third kappa shape index (κ3) is 3.47. The number of benzene rings is 2. The van der Waals surface area contributed by atoms with Crippen molar-refractivity contribution in [1.29, 1.82) is 0 Å². The predicted octanol–water partition coefficient (Wildman–Crippen LogP) is 4.91. The van der Waals surface area contributed by atoms with Crippen LogP contribution in [0.4, 0.5) is 5.69 Å². The van der Waals surface area contributed by atoms with Gasteiger partial charge in [-0.05, 0) is 25.1 Å². The Labute approximate surface area is 172 Å². The van der Waals surface area contributed by atoms with E-state index in [1.165, 1.54) is 15.2 Å². The maximum absolute atomic E-state index is 12.4. The van der Waals surface area contributed by atoms with E-state index in [1.54, 1.807) is 23.1 Å². The molecule has 0 unspecified atom stereocenters. The molecule has 3 nitrogen and oxygen atoms in total. The number of hydrogen-bond acceptors (Lipinski definition) is 3. The number of thioether (sulfide) groups is 1. The van der Waals surface area contributed by atoms with Crippen LogP contribution in [-0.4, -0.2) is 11.7 Å². The summed E-state index contributed by atoms with van der Waals surface area (Å²) in [5, 5.41) is 2.18. The molecule has 1 aliphatic rings.